The number of carbonyl (C=O) groups is 1. The smallest absolute Gasteiger partial charge is 0.265 e. The molecule has 4 heteroatoms. The number of benzene rings is 1. The van der Waals surface area contributed by atoms with E-state index < -0.39 is 0 Å². The van der Waals surface area contributed by atoms with Crippen molar-refractivity contribution >= 4 is 16.8 Å². The van der Waals surface area contributed by atoms with Crippen molar-refractivity contribution in [2.75, 3.05) is 0 Å². The van der Waals surface area contributed by atoms with Crippen molar-refractivity contribution in [3.05, 3.63) is 36.0 Å². The fourth-order valence-corrected chi connectivity index (χ4v) is 1.51. The molecule has 1 amide bonds. The molecule has 1 heterocycles. The minimum Gasteiger partial charge on any atom is -0.351 e. The molecule has 0 aliphatic carbocycles. The van der Waals surface area contributed by atoms with E-state index in [4.69, 9.17) is 5.84 Å². The third kappa shape index (κ3) is 1.25. The van der Waals surface area contributed by atoms with Gasteiger partial charge in [-0.1, -0.05) is 0 Å². The molecule has 0 atom stereocenters. The summed E-state index contributed by atoms with van der Waals surface area (Å²) in [6.07, 6.45) is 1.95. The second-order valence-electron chi connectivity index (χ2n) is 3.17. The molecule has 0 bridgehead atoms. The highest BCUT2D eigenvalue weighted by Crippen LogP contribution is 2.16. The highest BCUT2D eigenvalue weighted by atomic mass is 16.2. The topological polar surface area (TPSA) is 60.0 Å². The van der Waals surface area contributed by atoms with E-state index >= 15 is 0 Å². The van der Waals surface area contributed by atoms with Crippen LogP contribution in [0.15, 0.2) is 30.5 Å². The highest BCUT2D eigenvalue weighted by molar-refractivity contribution is 5.97. The molecule has 72 valence electrons. The van der Waals surface area contributed by atoms with Crippen LogP contribution in [-0.2, 0) is 7.05 Å². The molecule has 0 fully saturated rings. The molecule has 0 unspecified atom stereocenters. The molecule has 1 aromatic carbocycles. The zero-order valence-corrected chi connectivity index (χ0v) is 7.82. The van der Waals surface area contributed by atoms with Gasteiger partial charge in [0.25, 0.3) is 5.91 Å². The van der Waals surface area contributed by atoms with Crippen LogP contribution in [0.25, 0.3) is 10.9 Å². The third-order valence-corrected chi connectivity index (χ3v) is 2.28. The van der Waals surface area contributed by atoms with Crippen LogP contribution in [0.5, 0.6) is 0 Å². The van der Waals surface area contributed by atoms with Gasteiger partial charge in [0, 0.05) is 29.7 Å². The lowest BCUT2D eigenvalue weighted by atomic mass is 10.1. The molecule has 2 aromatic rings. The first-order chi connectivity index (χ1) is 6.72. The van der Waals surface area contributed by atoms with E-state index in [1.54, 1.807) is 6.07 Å². The van der Waals surface area contributed by atoms with Crippen LogP contribution in [0.4, 0.5) is 0 Å². The summed E-state index contributed by atoms with van der Waals surface area (Å²) in [5, 5.41) is 1.04. The van der Waals surface area contributed by atoms with Crippen molar-refractivity contribution in [2.24, 2.45) is 12.9 Å². The lowest BCUT2D eigenvalue weighted by Gasteiger charge is -2.00. The molecule has 1 aromatic heterocycles. The highest BCUT2D eigenvalue weighted by Gasteiger charge is 2.05. The van der Waals surface area contributed by atoms with Crippen LogP contribution in [-0.4, -0.2) is 10.5 Å². The van der Waals surface area contributed by atoms with Gasteiger partial charge in [0.05, 0.1) is 0 Å². The predicted octanol–water partition coefficient (Wildman–Crippen LogP) is 0.782. The molecular formula is C10H11N3O. The molecule has 3 N–H and O–H groups in total. The van der Waals surface area contributed by atoms with Crippen LogP contribution >= 0.6 is 0 Å². The largest absolute Gasteiger partial charge is 0.351 e. The van der Waals surface area contributed by atoms with Crippen LogP contribution < -0.4 is 11.3 Å². The number of nitrogens with two attached hydrogens (primary N) is 1. The van der Waals surface area contributed by atoms with Gasteiger partial charge in [0.15, 0.2) is 0 Å². The maximum atomic E-state index is 11.2. The second-order valence-corrected chi connectivity index (χ2v) is 3.17. The van der Waals surface area contributed by atoms with Gasteiger partial charge in [-0.25, -0.2) is 5.84 Å². The lowest BCUT2D eigenvalue weighted by molar-refractivity contribution is 0.0954. The first-order valence-electron chi connectivity index (χ1n) is 4.28. The summed E-state index contributed by atoms with van der Waals surface area (Å²) in [5.41, 5.74) is 3.78. The Morgan fingerprint density at radius 3 is 2.93 bits per heavy atom. The van der Waals surface area contributed by atoms with Gasteiger partial charge < -0.3 is 4.57 Å². The van der Waals surface area contributed by atoms with Crippen LogP contribution in [0.1, 0.15) is 10.4 Å². The van der Waals surface area contributed by atoms with Crippen molar-refractivity contribution in [3.8, 4) is 0 Å². The van der Waals surface area contributed by atoms with Gasteiger partial charge in [-0.3, -0.25) is 10.2 Å². The minimum atomic E-state index is -0.268. The monoisotopic (exact) mass is 189 g/mol. The Balaban J connectivity index is 2.57. The number of nitrogens with zero attached hydrogens (tertiary/aromatic N) is 1. The molecule has 2 rings (SSSR count). The molecule has 0 saturated heterocycles. The van der Waals surface area contributed by atoms with E-state index in [1.807, 2.05) is 36.0 Å². The van der Waals surface area contributed by atoms with E-state index in [-0.39, 0.29) is 5.91 Å². The van der Waals surface area contributed by atoms with Crippen LogP contribution in [0, 0.1) is 0 Å². The summed E-state index contributed by atoms with van der Waals surface area (Å²) in [5.74, 6) is 4.78. The number of nitrogens with one attached hydrogen (secondary N) is 1. The maximum absolute atomic E-state index is 11.2. The fourth-order valence-electron chi connectivity index (χ4n) is 1.51. The molecule has 14 heavy (non-hydrogen) atoms. The van der Waals surface area contributed by atoms with Crippen LogP contribution in [0.2, 0.25) is 0 Å². The number of fused-ring (bicyclic) bond motifs is 1. The Bertz CT molecular complexity index is 487. The standard InChI is InChI=1S/C10H11N3O/c1-13-5-4-7-6-8(10(14)12-11)2-3-9(7)13/h2-6H,11H2,1H3,(H,12,14). The first-order valence-corrected chi connectivity index (χ1v) is 4.28. The van der Waals surface area contributed by atoms with Crippen molar-refractivity contribution in [1.29, 1.82) is 0 Å². The summed E-state index contributed by atoms with van der Waals surface area (Å²) in [7, 11) is 1.96. The number of hydrogen-bond donors (Lipinski definition) is 2. The van der Waals surface area contributed by atoms with Gasteiger partial charge in [-0.2, -0.15) is 0 Å². The van der Waals surface area contributed by atoms with Crippen molar-refractivity contribution in [2.45, 2.75) is 0 Å². The average molecular weight is 189 g/mol. The predicted molar refractivity (Wildman–Crippen MR) is 54.6 cm³/mol. The van der Waals surface area contributed by atoms with E-state index in [1.165, 1.54) is 0 Å². The van der Waals surface area contributed by atoms with E-state index in [9.17, 15) is 4.79 Å². The number of aryl methyl sites for hydroxylation is 1. The molecule has 0 spiro atoms. The van der Waals surface area contributed by atoms with Gasteiger partial charge in [0.1, 0.15) is 0 Å². The normalized spacial score (nSPS) is 10.4. The van der Waals surface area contributed by atoms with E-state index in [0.29, 0.717) is 5.56 Å². The van der Waals surface area contributed by atoms with Crippen molar-refractivity contribution in [3.63, 3.8) is 0 Å². The van der Waals surface area contributed by atoms with Crippen molar-refractivity contribution in [1.82, 2.24) is 9.99 Å². The Kier molecular flexibility index (Phi) is 1.98. The zero-order chi connectivity index (χ0) is 10.1. The van der Waals surface area contributed by atoms with Crippen molar-refractivity contribution < 1.29 is 4.79 Å². The molecule has 0 radical (unpaired) electrons. The SMILES string of the molecule is Cn1ccc2cc(C(=O)NN)ccc21. The Morgan fingerprint density at radius 2 is 2.21 bits per heavy atom. The van der Waals surface area contributed by atoms with Gasteiger partial charge >= 0.3 is 0 Å². The first kappa shape index (κ1) is 8.77. The lowest BCUT2D eigenvalue weighted by Crippen LogP contribution is -2.29. The summed E-state index contributed by atoms with van der Waals surface area (Å²) < 4.78 is 2.00. The molecular weight excluding hydrogens is 178 g/mol. The van der Waals surface area contributed by atoms with Crippen LogP contribution in [0.3, 0.4) is 0 Å². The number of hydrogen-bond acceptors (Lipinski definition) is 2. The number of carbonyl (C=O) groups excluding carboxylic acids is 1. The van der Waals surface area contributed by atoms with Gasteiger partial charge in [0.2, 0.25) is 0 Å². The third-order valence-electron chi connectivity index (χ3n) is 2.28. The Labute approximate surface area is 81.3 Å². The molecule has 0 aliphatic heterocycles. The summed E-state index contributed by atoms with van der Waals surface area (Å²) in [6.45, 7) is 0. The fraction of sp³-hybridized carbons (Fsp3) is 0.100. The van der Waals surface area contributed by atoms with Gasteiger partial charge in [-0.05, 0) is 24.3 Å². The maximum Gasteiger partial charge on any atom is 0.265 e. The molecule has 0 saturated carbocycles. The number of rotatable bonds is 1. The summed E-state index contributed by atoms with van der Waals surface area (Å²) in [6, 6.07) is 7.44. The average Bonchev–Trinajstić information content (AvgIpc) is 2.59. The molecule has 0 aliphatic rings. The summed E-state index contributed by atoms with van der Waals surface area (Å²) >= 11 is 0. The second kappa shape index (κ2) is 3.16. The zero-order valence-electron chi connectivity index (χ0n) is 7.82. The number of amides is 1. The quantitative estimate of drug-likeness (QED) is 0.395. The minimum absolute atomic E-state index is 0.268. The molecule has 4 nitrogen and oxygen atoms in total. The number of hydrazine groups is 1. The van der Waals surface area contributed by atoms with Gasteiger partial charge in [-0.15, -0.1) is 0 Å². The number of nitrogen functional groups attached to an aromatic ring is 1. The van der Waals surface area contributed by atoms with E-state index in [2.05, 4.69) is 5.43 Å². The Hall–Kier alpha value is -1.81. The van der Waals surface area contributed by atoms with E-state index in [0.717, 1.165) is 10.9 Å². The summed E-state index contributed by atoms with van der Waals surface area (Å²) in [4.78, 5) is 11.2. The Morgan fingerprint density at radius 1 is 1.43 bits per heavy atom. The number of aromatic nitrogens is 1.